The molecule has 5 nitrogen and oxygen atoms in total. The Morgan fingerprint density at radius 3 is 2.32 bits per heavy atom. The van der Waals surface area contributed by atoms with Gasteiger partial charge in [-0.05, 0) is 32.9 Å². The largest absolute Gasteiger partial charge is 0.457 e. The van der Waals surface area contributed by atoms with Crippen molar-refractivity contribution in [2.45, 2.75) is 32.4 Å². The van der Waals surface area contributed by atoms with Crippen LogP contribution in [-0.4, -0.2) is 17.4 Å². The topological polar surface area (TPSA) is 68.5 Å². The first-order valence-electron chi connectivity index (χ1n) is 6.98. The molecule has 116 valence electrons. The van der Waals surface area contributed by atoms with Gasteiger partial charge in [-0.25, -0.2) is 4.79 Å². The van der Waals surface area contributed by atoms with Crippen molar-refractivity contribution < 1.29 is 18.7 Å². The average Bonchev–Trinajstić information content (AvgIpc) is 2.97. The minimum Gasteiger partial charge on any atom is -0.457 e. The van der Waals surface area contributed by atoms with E-state index < -0.39 is 17.6 Å². The Bertz CT molecular complexity index is 626. The van der Waals surface area contributed by atoms with Gasteiger partial charge >= 0.3 is 5.97 Å². The fourth-order valence-electron chi connectivity index (χ4n) is 1.90. The summed E-state index contributed by atoms with van der Waals surface area (Å²) in [4.78, 5) is 24.5. The lowest BCUT2D eigenvalue weighted by atomic mass is 10.1. The quantitative estimate of drug-likeness (QED) is 0.881. The zero-order chi connectivity index (χ0) is 16.2. The van der Waals surface area contributed by atoms with Gasteiger partial charge in [0.2, 0.25) is 11.9 Å². The first-order chi connectivity index (χ1) is 10.4. The van der Waals surface area contributed by atoms with Gasteiger partial charge in [0.15, 0.2) is 0 Å². The zero-order valence-electron chi connectivity index (χ0n) is 12.8. The molecular weight excluding hydrogens is 282 g/mol. The fourth-order valence-corrected chi connectivity index (χ4v) is 1.90. The van der Waals surface area contributed by atoms with Crippen LogP contribution in [0.2, 0.25) is 0 Å². The Labute approximate surface area is 129 Å². The third-order valence-corrected chi connectivity index (χ3v) is 2.79. The maximum atomic E-state index is 12.4. The monoisotopic (exact) mass is 301 g/mol. The van der Waals surface area contributed by atoms with E-state index in [1.54, 1.807) is 30.3 Å². The predicted octanol–water partition coefficient (Wildman–Crippen LogP) is 3.09. The molecule has 2 rings (SSSR count). The Hall–Kier alpha value is -2.56. The second kappa shape index (κ2) is 6.47. The highest BCUT2D eigenvalue weighted by atomic mass is 16.6. The van der Waals surface area contributed by atoms with Crippen LogP contribution in [0.4, 0.5) is 0 Å². The normalized spacial score (nSPS) is 12.5. The first kappa shape index (κ1) is 15.8. The second-order valence-electron chi connectivity index (χ2n) is 5.91. The van der Waals surface area contributed by atoms with Crippen molar-refractivity contribution in [3.05, 3.63) is 60.1 Å². The predicted molar refractivity (Wildman–Crippen MR) is 81.2 cm³/mol. The maximum absolute atomic E-state index is 12.4. The fraction of sp³-hybridized carbons (Fsp3) is 0.294. The van der Waals surface area contributed by atoms with E-state index in [2.05, 4.69) is 5.32 Å². The Morgan fingerprint density at radius 1 is 1.09 bits per heavy atom. The summed E-state index contributed by atoms with van der Waals surface area (Å²) in [7, 11) is 0. The first-order valence-corrected chi connectivity index (χ1v) is 6.98. The molecular formula is C17H19NO4. The molecule has 2 aromatic rings. The zero-order valence-corrected chi connectivity index (χ0v) is 12.8. The SMILES string of the molecule is CC(C)(C)NC(=O)[C@@H](OC(=O)c1ccco1)c1ccccc1. The van der Waals surface area contributed by atoms with Gasteiger partial charge in [-0.1, -0.05) is 30.3 Å². The number of hydrogen-bond donors (Lipinski definition) is 1. The van der Waals surface area contributed by atoms with E-state index in [0.717, 1.165) is 0 Å². The van der Waals surface area contributed by atoms with Crippen LogP contribution in [-0.2, 0) is 9.53 Å². The van der Waals surface area contributed by atoms with E-state index in [4.69, 9.17) is 9.15 Å². The van der Waals surface area contributed by atoms with Crippen LogP contribution in [0.5, 0.6) is 0 Å². The lowest BCUT2D eigenvalue weighted by Gasteiger charge is -2.24. The van der Waals surface area contributed by atoms with Gasteiger partial charge in [0.05, 0.1) is 6.26 Å². The molecule has 1 aromatic carbocycles. The minimum atomic E-state index is -1.03. The summed E-state index contributed by atoms with van der Waals surface area (Å²) in [5.41, 5.74) is 0.172. The van der Waals surface area contributed by atoms with E-state index in [0.29, 0.717) is 5.56 Å². The van der Waals surface area contributed by atoms with E-state index in [-0.39, 0.29) is 11.7 Å². The molecule has 1 heterocycles. The number of rotatable bonds is 4. The standard InChI is InChI=1S/C17H19NO4/c1-17(2,3)18-15(19)14(12-8-5-4-6-9-12)22-16(20)13-10-7-11-21-13/h4-11,14H,1-3H3,(H,18,19)/t14-/m0/s1. The van der Waals surface area contributed by atoms with Crippen LogP contribution in [0.1, 0.15) is 43.0 Å². The number of nitrogens with one attached hydrogen (secondary N) is 1. The number of carbonyl (C=O) groups excluding carboxylic acids is 2. The Kier molecular flexibility index (Phi) is 4.65. The van der Waals surface area contributed by atoms with Gasteiger partial charge in [0.25, 0.3) is 5.91 Å². The molecule has 0 aliphatic rings. The Morgan fingerprint density at radius 2 is 1.77 bits per heavy atom. The van der Waals surface area contributed by atoms with Crippen LogP contribution < -0.4 is 5.32 Å². The van der Waals surface area contributed by atoms with Crippen molar-refractivity contribution in [3.63, 3.8) is 0 Å². The van der Waals surface area contributed by atoms with Crippen LogP contribution in [0.3, 0.4) is 0 Å². The lowest BCUT2D eigenvalue weighted by Crippen LogP contribution is -2.44. The highest BCUT2D eigenvalue weighted by Gasteiger charge is 2.29. The molecule has 0 radical (unpaired) electrons. The van der Waals surface area contributed by atoms with E-state index in [1.807, 2.05) is 26.8 Å². The van der Waals surface area contributed by atoms with E-state index in [1.165, 1.54) is 12.3 Å². The molecule has 0 saturated carbocycles. The van der Waals surface area contributed by atoms with Crippen molar-refractivity contribution in [3.8, 4) is 0 Å². The van der Waals surface area contributed by atoms with Crippen LogP contribution in [0, 0.1) is 0 Å². The molecule has 0 saturated heterocycles. The molecule has 1 N–H and O–H groups in total. The van der Waals surface area contributed by atoms with Gasteiger partial charge in [0, 0.05) is 11.1 Å². The number of esters is 1. The summed E-state index contributed by atoms with van der Waals surface area (Å²) < 4.78 is 10.4. The number of ether oxygens (including phenoxy) is 1. The highest BCUT2D eigenvalue weighted by Crippen LogP contribution is 2.20. The molecule has 1 amide bonds. The third-order valence-electron chi connectivity index (χ3n) is 2.79. The second-order valence-corrected chi connectivity index (χ2v) is 5.91. The van der Waals surface area contributed by atoms with Crippen LogP contribution in [0.15, 0.2) is 53.1 Å². The molecule has 1 atom stereocenters. The van der Waals surface area contributed by atoms with Gasteiger partial charge in [-0.3, -0.25) is 4.79 Å². The smallest absolute Gasteiger partial charge is 0.375 e. The molecule has 5 heteroatoms. The summed E-state index contributed by atoms with van der Waals surface area (Å²) in [6.07, 6.45) is 0.349. The summed E-state index contributed by atoms with van der Waals surface area (Å²) in [5.74, 6) is -0.994. The number of carbonyl (C=O) groups is 2. The third kappa shape index (κ3) is 4.22. The van der Waals surface area contributed by atoms with Crippen molar-refractivity contribution in [1.82, 2.24) is 5.32 Å². The molecule has 0 bridgehead atoms. The van der Waals surface area contributed by atoms with Crippen molar-refractivity contribution in [2.75, 3.05) is 0 Å². The van der Waals surface area contributed by atoms with Crippen molar-refractivity contribution in [1.29, 1.82) is 0 Å². The molecule has 0 unspecified atom stereocenters. The molecule has 1 aromatic heterocycles. The van der Waals surface area contributed by atoms with Gasteiger partial charge in [0.1, 0.15) is 0 Å². The van der Waals surface area contributed by atoms with Crippen LogP contribution in [0.25, 0.3) is 0 Å². The summed E-state index contributed by atoms with van der Waals surface area (Å²) >= 11 is 0. The number of amides is 1. The van der Waals surface area contributed by atoms with E-state index >= 15 is 0 Å². The van der Waals surface area contributed by atoms with Gasteiger partial charge < -0.3 is 14.5 Å². The molecule has 0 spiro atoms. The Balaban J connectivity index is 2.22. The highest BCUT2D eigenvalue weighted by molar-refractivity contribution is 5.90. The minimum absolute atomic E-state index is 0.0597. The summed E-state index contributed by atoms with van der Waals surface area (Å²) in [5, 5.41) is 2.82. The van der Waals surface area contributed by atoms with Gasteiger partial charge in [-0.2, -0.15) is 0 Å². The van der Waals surface area contributed by atoms with Crippen molar-refractivity contribution >= 4 is 11.9 Å². The molecule has 0 aliphatic carbocycles. The maximum Gasteiger partial charge on any atom is 0.375 e. The average molecular weight is 301 g/mol. The lowest BCUT2D eigenvalue weighted by molar-refractivity contribution is -0.131. The van der Waals surface area contributed by atoms with Crippen LogP contribution >= 0.6 is 0 Å². The molecule has 0 fully saturated rings. The summed E-state index contributed by atoms with van der Waals surface area (Å²) in [6, 6.07) is 12.0. The summed E-state index contributed by atoms with van der Waals surface area (Å²) in [6.45, 7) is 5.59. The van der Waals surface area contributed by atoms with Crippen molar-refractivity contribution in [2.24, 2.45) is 0 Å². The number of hydrogen-bond acceptors (Lipinski definition) is 4. The molecule has 0 aliphatic heterocycles. The number of benzene rings is 1. The van der Waals surface area contributed by atoms with E-state index in [9.17, 15) is 9.59 Å². The number of furan rings is 1. The molecule has 22 heavy (non-hydrogen) atoms. The van der Waals surface area contributed by atoms with Gasteiger partial charge in [-0.15, -0.1) is 0 Å².